The maximum absolute atomic E-state index is 14.2. The minimum absolute atomic E-state index is 0.112. The number of Topliss-reactive ketones (excluding diaryl/α,β-unsaturated/α-hetero) is 1. The number of nitrogens with one attached hydrogen (secondary N) is 2. The maximum Gasteiger partial charge on any atom is 0.345 e. The van der Waals surface area contributed by atoms with Gasteiger partial charge < -0.3 is 24.7 Å². The number of quaternary nitrogens is 1. The third kappa shape index (κ3) is 11.9. The second kappa shape index (κ2) is 22.5. The van der Waals surface area contributed by atoms with Crippen molar-refractivity contribution in [2.24, 2.45) is 33.7 Å². The number of ketones is 1. The highest BCUT2D eigenvalue weighted by Crippen LogP contribution is 2.64. The van der Waals surface area contributed by atoms with Gasteiger partial charge in [0.15, 0.2) is 6.61 Å². The zero-order valence-corrected chi connectivity index (χ0v) is 44.7. The highest BCUT2D eigenvalue weighted by molar-refractivity contribution is 7.85. The van der Waals surface area contributed by atoms with Crippen molar-refractivity contribution in [1.82, 2.24) is 10.6 Å². The first-order chi connectivity index (χ1) is 34.8. The number of rotatable bonds is 21. The van der Waals surface area contributed by atoms with Gasteiger partial charge in [0.25, 0.3) is 21.9 Å². The monoisotopic (exact) mass is 1020 g/mol. The van der Waals surface area contributed by atoms with Gasteiger partial charge in [0.05, 0.1) is 54.5 Å². The Morgan fingerprint density at radius 3 is 2.11 bits per heavy atom. The van der Waals surface area contributed by atoms with E-state index in [2.05, 4.69) is 47.2 Å². The van der Waals surface area contributed by atoms with Crippen molar-refractivity contribution in [3.8, 4) is 5.75 Å². The van der Waals surface area contributed by atoms with Gasteiger partial charge in [0, 0.05) is 68.3 Å². The SMILES string of the molecule is CCCC[n+]1c2ccccc2c(C(=O)Oc2c(C)cc(C(=O)NCCC[N+](C)(CCCNC(=O)CON=C3C=C4CCC5C(CC[C@]6(C)C(=O)CCC56)[C@@]4(C)CC3)CCCS(=O)(=O)O)cc2C)c2ccccc21. The molecule has 15 heteroatoms. The topological polar surface area (TPSA) is 181 Å². The van der Waals surface area contributed by atoms with Crippen LogP contribution in [0.3, 0.4) is 0 Å². The molecule has 6 atom stereocenters. The van der Waals surface area contributed by atoms with Gasteiger partial charge in [0.1, 0.15) is 18.1 Å². The summed E-state index contributed by atoms with van der Waals surface area (Å²) in [5.41, 5.74) is 6.45. The summed E-state index contributed by atoms with van der Waals surface area (Å²) in [4.78, 5) is 58.9. The van der Waals surface area contributed by atoms with E-state index in [0.29, 0.717) is 102 Å². The predicted molar refractivity (Wildman–Crippen MR) is 284 cm³/mol. The van der Waals surface area contributed by atoms with E-state index < -0.39 is 16.1 Å². The number of pyridine rings is 1. The molecule has 0 saturated heterocycles. The number of aromatic nitrogens is 1. The number of hydrogen-bond acceptors (Lipinski definition) is 9. The third-order valence-electron chi connectivity index (χ3n) is 17.3. The summed E-state index contributed by atoms with van der Waals surface area (Å²) in [6.45, 7) is 13.5. The van der Waals surface area contributed by atoms with Crippen molar-refractivity contribution < 1.29 is 50.8 Å². The largest absolute Gasteiger partial charge is 0.422 e. The van der Waals surface area contributed by atoms with Gasteiger partial charge in [-0.05, 0) is 123 Å². The lowest BCUT2D eigenvalue weighted by Gasteiger charge is -2.57. The Hall–Kier alpha value is -5.51. The predicted octanol–water partition coefficient (Wildman–Crippen LogP) is 9.17. The molecule has 4 unspecified atom stereocenters. The van der Waals surface area contributed by atoms with Crippen LogP contribution in [0, 0.1) is 42.4 Å². The van der Waals surface area contributed by atoms with Crippen molar-refractivity contribution in [2.75, 3.05) is 52.1 Å². The first kappa shape index (κ1) is 53.8. The van der Waals surface area contributed by atoms with Crippen molar-refractivity contribution in [1.29, 1.82) is 0 Å². The average Bonchev–Trinajstić information content (AvgIpc) is 3.66. The first-order valence-corrected chi connectivity index (χ1v) is 28.4. The minimum atomic E-state index is -4.13. The van der Waals surface area contributed by atoms with Gasteiger partial charge in [-0.2, -0.15) is 13.0 Å². The number of para-hydroxylation sites is 2. The molecule has 4 aliphatic carbocycles. The van der Waals surface area contributed by atoms with Crippen LogP contribution in [0.4, 0.5) is 0 Å². The number of hydrogen-bond donors (Lipinski definition) is 3. The number of carbonyl (C=O) groups is 4. The molecule has 1 heterocycles. The molecule has 14 nitrogen and oxygen atoms in total. The second-order valence-electron chi connectivity index (χ2n) is 22.3. The summed E-state index contributed by atoms with van der Waals surface area (Å²) in [6.07, 6.45) is 13.5. The van der Waals surface area contributed by atoms with Gasteiger partial charge >= 0.3 is 5.97 Å². The lowest BCUT2D eigenvalue weighted by molar-refractivity contribution is -0.909. The Morgan fingerprint density at radius 2 is 1.45 bits per heavy atom. The molecule has 3 fully saturated rings. The molecule has 0 radical (unpaired) electrons. The zero-order valence-electron chi connectivity index (χ0n) is 43.9. The van der Waals surface area contributed by atoms with Gasteiger partial charge in [-0.25, -0.2) is 4.79 Å². The molecule has 4 aliphatic rings. The Balaban J connectivity index is 0.810. The number of esters is 1. The van der Waals surface area contributed by atoms with E-state index in [1.807, 2.05) is 69.4 Å². The Kier molecular flexibility index (Phi) is 16.6. The summed E-state index contributed by atoms with van der Waals surface area (Å²) >= 11 is 0. The van der Waals surface area contributed by atoms with Crippen LogP contribution in [0.1, 0.15) is 136 Å². The summed E-state index contributed by atoms with van der Waals surface area (Å²) in [7, 11) is -2.12. The molecular weight excluding hydrogens is 943 g/mol. The molecule has 392 valence electrons. The van der Waals surface area contributed by atoms with Crippen LogP contribution >= 0.6 is 0 Å². The van der Waals surface area contributed by atoms with E-state index in [1.54, 1.807) is 12.1 Å². The van der Waals surface area contributed by atoms with Crippen molar-refractivity contribution in [3.63, 3.8) is 0 Å². The number of allylic oxidation sites excluding steroid dienone is 2. The lowest BCUT2D eigenvalue weighted by Crippen LogP contribution is -2.50. The maximum atomic E-state index is 14.2. The van der Waals surface area contributed by atoms with E-state index >= 15 is 0 Å². The third-order valence-corrected chi connectivity index (χ3v) is 18.1. The van der Waals surface area contributed by atoms with Gasteiger partial charge in [0.2, 0.25) is 11.0 Å². The molecule has 0 bridgehead atoms. The van der Waals surface area contributed by atoms with E-state index in [1.165, 1.54) is 5.57 Å². The fourth-order valence-corrected chi connectivity index (χ4v) is 13.8. The molecule has 3 saturated carbocycles. The standard InChI is InChI=1S/C58H75N5O9S/c1-7-8-30-62-49-18-11-9-16-45(49)53(46-17-10-12-19-50(46)62)56(67)72-54-39(2)35-41(36-40(54)3)55(66)60-29-14-32-63(6,33-15-34-73(68,69)70)31-13-28-59-52(65)38-71-61-43-24-26-57(4)42(37-43)20-21-44-47-22-23-51(64)58(47,5)27-25-48(44)57/h9-12,16-19,35-37,44,47-48H,7-8,13-15,20-34,38H2,1-6H3,(H-2,59,60,65,66,68,69,70)/p+2/t44?,47?,48?,57-,58-,63?/m0/s1. The fourth-order valence-electron chi connectivity index (χ4n) is 13.3. The van der Waals surface area contributed by atoms with E-state index in [-0.39, 0.29) is 41.4 Å². The van der Waals surface area contributed by atoms with Crippen LogP contribution in [0.15, 0.2) is 77.5 Å². The lowest BCUT2D eigenvalue weighted by atomic mass is 9.47. The van der Waals surface area contributed by atoms with Crippen LogP contribution in [0.25, 0.3) is 21.8 Å². The summed E-state index contributed by atoms with van der Waals surface area (Å²) < 4.78 is 41.6. The van der Waals surface area contributed by atoms with E-state index in [0.717, 1.165) is 98.3 Å². The van der Waals surface area contributed by atoms with Crippen molar-refractivity contribution >= 4 is 61.2 Å². The highest BCUT2D eigenvalue weighted by Gasteiger charge is 2.58. The zero-order chi connectivity index (χ0) is 52.1. The Labute approximate surface area is 431 Å². The molecule has 73 heavy (non-hydrogen) atoms. The van der Waals surface area contributed by atoms with Gasteiger partial charge in [-0.15, -0.1) is 0 Å². The number of nitrogens with zero attached hydrogens (tertiary/aromatic N) is 3. The molecule has 4 aromatic rings. The molecule has 3 aromatic carbocycles. The van der Waals surface area contributed by atoms with Crippen LogP contribution in [-0.4, -0.2) is 98.9 Å². The molecular formula is C58H77N5O9S+2. The Bertz CT molecular complexity index is 2850. The summed E-state index contributed by atoms with van der Waals surface area (Å²) in [5, 5.41) is 12.0. The normalized spacial score (nSPS) is 24.0. The number of oxime groups is 1. The van der Waals surface area contributed by atoms with Gasteiger partial charge in [-0.3, -0.25) is 18.9 Å². The quantitative estimate of drug-likeness (QED) is 0.0107. The highest BCUT2D eigenvalue weighted by atomic mass is 32.2. The molecule has 3 N–H and O–H groups in total. The smallest absolute Gasteiger partial charge is 0.345 e. The molecule has 1 aromatic heterocycles. The van der Waals surface area contributed by atoms with Gasteiger partial charge in [-0.1, -0.05) is 62.2 Å². The number of ether oxygens (including phenoxy) is 1. The summed E-state index contributed by atoms with van der Waals surface area (Å²) in [5.74, 6) is 1.23. The number of aryl methyl sites for hydroxylation is 3. The first-order valence-electron chi connectivity index (χ1n) is 26.8. The Morgan fingerprint density at radius 1 is 0.822 bits per heavy atom. The number of benzene rings is 3. The minimum Gasteiger partial charge on any atom is -0.422 e. The molecule has 2 amide bonds. The van der Waals surface area contributed by atoms with E-state index in [9.17, 15) is 32.1 Å². The van der Waals surface area contributed by atoms with Crippen molar-refractivity contribution in [3.05, 3.63) is 94.6 Å². The average molecular weight is 1020 g/mol. The number of fused-ring (bicyclic) bond motifs is 7. The fraction of sp³-hybridized carbons (Fsp3) is 0.552. The second-order valence-corrected chi connectivity index (χ2v) is 23.8. The van der Waals surface area contributed by atoms with Crippen LogP contribution in [0.2, 0.25) is 0 Å². The van der Waals surface area contributed by atoms with Crippen LogP contribution in [0.5, 0.6) is 5.75 Å². The van der Waals surface area contributed by atoms with Crippen LogP contribution < -0.4 is 19.9 Å². The number of carbonyl (C=O) groups excluding carboxylic acids is 4. The van der Waals surface area contributed by atoms with Crippen LogP contribution in [-0.2, 0) is 31.1 Å². The number of unbranched alkanes of at least 4 members (excludes halogenated alkanes) is 1. The molecule has 8 rings (SSSR count). The molecule has 0 aliphatic heterocycles. The van der Waals surface area contributed by atoms with E-state index in [4.69, 9.17) is 9.57 Å². The summed E-state index contributed by atoms with van der Waals surface area (Å²) in [6, 6.07) is 19.3. The van der Waals surface area contributed by atoms with Crippen molar-refractivity contribution in [2.45, 2.75) is 125 Å². The number of amides is 2. The molecule has 0 spiro atoms.